The van der Waals surface area contributed by atoms with Gasteiger partial charge < -0.3 is 0 Å². The van der Waals surface area contributed by atoms with E-state index in [4.69, 9.17) is 0 Å². The maximum absolute atomic E-state index is 2.47. The number of hydrogen-bond acceptors (Lipinski definition) is 0. The van der Waals surface area contributed by atoms with E-state index in [0.29, 0.717) is 0 Å². The van der Waals surface area contributed by atoms with Gasteiger partial charge in [-0.2, -0.15) is 0 Å². The lowest BCUT2D eigenvalue weighted by molar-refractivity contribution is 0.418. The van der Waals surface area contributed by atoms with Crippen LogP contribution in [0.25, 0.3) is 11.1 Å². The topological polar surface area (TPSA) is 0 Å². The summed E-state index contributed by atoms with van der Waals surface area (Å²) in [5, 5.41) is 3.35. The second-order valence-electron chi connectivity index (χ2n) is 10.5. The molecule has 0 atom stereocenters. The molecule has 2 heteroatoms. The summed E-state index contributed by atoms with van der Waals surface area (Å²) >= 11 is 0. The molecule has 2 aromatic carbocycles. The van der Waals surface area contributed by atoms with Crippen molar-refractivity contribution in [1.82, 2.24) is 0 Å². The molecule has 0 spiro atoms. The van der Waals surface area contributed by atoms with Crippen LogP contribution in [-0.2, 0) is 0 Å². The van der Waals surface area contributed by atoms with Gasteiger partial charge in [0, 0.05) is 0 Å². The smallest absolute Gasteiger partial charge is 0.0654 e. The van der Waals surface area contributed by atoms with Gasteiger partial charge in [-0.1, -0.05) is 161 Å². The van der Waals surface area contributed by atoms with Crippen LogP contribution in [-0.4, -0.2) is 17.6 Å². The van der Waals surface area contributed by atoms with Crippen molar-refractivity contribution >= 4 is 28.0 Å². The van der Waals surface area contributed by atoms with E-state index in [9.17, 15) is 0 Å². The summed E-state index contributed by atoms with van der Waals surface area (Å²) < 4.78 is 0. The Morgan fingerprint density at radius 1 is 0.562 bits per heavy atom. The fraction of sp³-hybridized carbons (Fsp3) is 0.600. The normalized spacial score (nSPS) is 19.4. The molecular formula is C30H44Si2. The molecule has 2 aliphatic heterocycles. The highest BCUT2D eigenvalue weighted by molar-refractivity contribution is 6.73. The minimum Gasteiger partial charge on any atom is -0.0654 e. The summed E-state index contributed by atoms with van der Waals surface area (Å²) in [6.07, 6.45) is 14.5. The van der Waals surface area contributed by atoms with Gasteiger partial charge in [0.2, 0.25) is 0 Å². The zero-order valence-corrected chi connectivity index (χ0v) is 22.7. The Hall–Kier alpha value is -1.13. The molecule has 2 radical (unpaired) electrons. The molecule has 2 heterocycles. The zero-order chi connectivity index (χ0) is 22.2. The molecule has 0 amide bonds. The quantitative estimate of drug-likeness (QED) is 0.263. The number of unbranched alkanes of at least 4 members (excludes halogenated alkanes) is 2. The molecule has 172 valence electrons. The summed E-state index contributed by atoms with van der Waals surface area (Å²) in [5.41, 5.74) is 2.81. The van der Waals surface area contributed by atoms with E-state index in [1.165, 1.54) is 99.5 Å². The Kier molecular flexibility index (Phi) is 9.28. The van der Waals surface area contributed by atoms with Gasteiger partial charge in [0.05, 0.1) is 17.6 Å². The molecule has 0 unspecified atom stereocenters. The molecule has 0 N–H and O–H groups in total. The Morgan fingerprint density at radius 3 is 1.41 bits per heavy atom. The largest absolute Gasteiger partial charge is 0.0856 e. The van der Waals surface area contributed by atoms with E-state index in [0.717, 1.165) is 11.8 Å². The van der Waals surface area contributed by atoms with E-state index in [-0.39, 0.29) is 17.6 Å². The molecular weight excluding hydrogens is 417 g/mol. The fourth-order valence-corrected chi connectivity index (χ4v) is 12.1. The van der Waals surface area contributed by atoms with E-state index in [2.05, 4.69) is 62.4 Å². The van der Waals surface area contributed by atoms with Crippen LogP contribution in [0.2, 0.25) is 24.2 Å². The van der Waals surface area contributed by atoms with Gasteiger partial charge in [-0.3, -0.25) is 0 Å². The first kappa shape index (κ1) is 24.0. The van der Waals surface area contributed by atoms with Gasteiger partial charge in [-0.05, 0) is 23.0 Å². The maximum Gasteiger partial charge on any atom is 0.0856 e. The van der Waals surface area contributed by atoms with Crippen molar-refractivity contribution in [3.63, 3.8) is 0 Å². The minimum atomic E-state index is -0.311. The number of hydrogen-bond donors (Lipinski definition) is 0. The zero-order valence-electron chi connectivity index (χ0n) is 20.7. The van der Waals surface area contributed by atoms with Crippen molar-refractivity contribution < 1.29 is 0 Å². The number of benzene rings is 2. The van der Waals surface area contributed by atoms with Crippen LogP contribution in [0.4, 0.5) is 0 Å². The lowest BCUT2D eigenvalue weighted by atomic mass is 9.96. The molecule has 0 bridgehead atoms. The highest BCUT2D eigenvalue weighted by atomic mass is 28.3. The van der Waals surface area contributed by atoms with Crippen molar-refractivity contribution in [1.29, 1.82) is 0 Å². The molecule has 2 fully saturated rings. The van der Waals surface area contributed by atoms with Gasteiger partial charge in [-0.15, -0.1) is 0 Å². The molecule has 0 nitrogen and oxygen atoms in total. The van der Waals surface area contributed by atoms with Crippen LogP contribution in [0.1, 0.15) is 78.1 Å². The predicted molar refractivity (Wildman–Crippen MR) is 146 cm³/mol. The van der Waals surface area contributed by atoms with E-state index in [1.807, 2.05) is 0 Å². The first-order valence-electron chi connectivity index (χ1n) is 13.7. The molecule has 2 saturated heterocycles. The van der Waals surface area contributed by atoms with E-state index < -0.39 is 0 Å². The van der Waals surface area contributed by atoms with Crippen molar-refractivity contribution in [2.45, 2.75) is 102 Å². The van der Waals surface area contributed by atoms with Crippen LogP contribution >= 0.6 is 0 Å². The second-order valence-corrected chi connectivity index (χ2v) is 16.1. The first-order chi connectivity index (χ1) is 15.8. The predicted octanol–water partition coefficient (Wildman–Crippen LogP) is 7.96. The van der Waals surface area contributed by atoms with Crippen LogP contribution in [0.3, 0.4) is 0 Å². The summed E-state index contributed by atoms with van der Waals surface area (Å²) in [7, 11) is -0.614. The van der Waals surface area contributed by atoms with Gasteiger partial charge in [0.1, 0.15) is 0 Å². The monoisotopic (exact) mass is 460 g/mol. The van der Waals surface area contributed by atoms with Gasteiger partial charge >= 0.3 is 0 Å². The minimum absolute atomic E-state index is 0.303. The lowest BCUT2D eigenvalue weighted by Gasteiger charge is -2.28. The molecule has 0 aromatic heterocycles. The summed E-state index contributed by atoms with van der Waals surface area (Å²) in [6, 6.07) is 25.5. The standard InChI is InChI=1S/C30H44Si2/c1-3-5-6-8-26-19-23-32(24-20-26)30-15-11-28(12-16-30)27-9-13-29(14-10-27)31-21-17-25(7-4-2)18-22-31/h9-16,25-26H,3-8,17-24H2,1-2H3. The van der Waals surface area contributed by atoms with E-state index in [1.54, 1.807) is 10.4 Å². The fourth-order valence-electron chi connectivity index (χ4n) is 6.09. The Bertz CT molecular complexity index is 779. The number of rotatable bonds is 9. The summed E-state index contributed by atoms with van der Waals surface area (Å²) in [5.74, 6) is 2.04. The average molecular weight is 461 g/mol. The van der Waals surface area contributed by atoms with Crippen molar-refractivity contribution in [3.05, 3.63) is 48.5 Å². The van der Waals surface area contributed by atoms with Gasteiger partial charge in [-0.25, -0.2) is 0 Å². The highest BCUT2D eigenvalue weighted by Gasteiger charge is 2.24. The van der Waals surface area contributed by atoms with Gasteiger partial charge in [0.15, 0.2) is 0 Å². The Balaban J connectivity index is 1.29. The Labute approximate surface area is 201 Å². The van der Waals surface area contributed by atoms with Crippen LogP contribution in [0.15, 0.2) is 48.5 Å². The Morgan fingerprint density at radius 2 is 1.00 bits per heavy atom. The third-order valence-corrected chi connectivity index (χ3v) is 14.1. The third kappa shape index (κ3) is 6.47. The van der Waals surface area contributed by atoms with Crippen LogP contribution in [0.5, 0.6) is 0 Å². The lowest BCUT2D eigenvalue weighted by Crippen LogP contribution is -2.34. The second kappa shape index (κ2) is 12.4. The molecule has 0 aliphatic carbocycles. The van der Waals surface area contributed by atoms with Crippen molar-refractivity contribution in [3.8, 4) is 11.1 Å². The molecule has 4 rings (SSSR count). The summed E-state index contributed by atoms with van der Waals surface area (Å²) in [4.78, 5) is 0. The van der Waals surface area contributed by atoms with E-state index >= 15 is 0 Å². The molecule has 32 heavy (non-hydrogen) atoms. The molecule has 0 saturated carbocycles. The van der Waals surface area contributed by atoms with Crippen LogP contribution in [0, 0.1) is 11.8 Å². The first-order valence-corrected chi connectivity index (χ1v) is 17.5. The van der Waals surface area contributed by atoms with Crippen molar-refractivity contribution in [2.24, 2.45) is 11.8 Å². The SMILES string of the molecule is CCCCCC1CC[Si](c2ccc(-c3ccc([Si]4CCC(CCC)CC4)cc3)cc2)CC1. The molecule has 2 aromatic rings. The molecule has 2 aliphatic rings. The van der Waals surface area contributed by atoms with Crippen LogP contribution < -0.4 is 10.4 Å². The van der Waals surface area contributed by atoms with Gasteiger partial charge in [0.25, 0.3) is 0 Å². The van der Waals surface area contributed by atoms with Crippen molar-refractivity contribution in [2.75, 3.05) is 0 Å². The highest BCUT2D eigenvalue weighted by Crippen LogP contribution is 2.30. The maximum atomic E-state index is 2.47. The average Bonchev–Trinajstić information content (AvgIpc) is 2.86. The summed E-state index contributed by atoms with van der Waals surface area (Å²) in [6.45, 7) is 4.66. The third-order valence-electron chi connectivity index (χ3n) is 8.25.